The standard InChI is InChI=1S/C51H100NO8P/c1-3-5-7-9-11-13-15-17-19-21-23-24-26-27-29-31-33-35-37-39-41-43-50(53)57-47-49(48-59-61(55,56)58-46-45-52)60-51(54)44-42-40-38-36-34-32-30-28-25-22-20-18-16-14-12-10-8-6-4-2/h18,20,49H,3-17,19,21-48,52H2,1-2H3,(H,55,56)/t49-/m1/s1. The Balaban J connectivity index is 3.99. The Hall–Kier alpha value is -1.25. The minimum atomic E-state index is -4.38. The third-order valence-electron chi connectivity index (χ3n) is 11.7. The summed E-state index contributed by atoms with van der Waals surface area (Å²) < 4.78 is 33.0. The van der Waals surface area contributed by atoms with Crippen molar-refractivity contribution in [3.63, 3.8) is 0 Å². The second-order valence-electron chi connectivity index (χ2n) is 17.8. The number of hydrogen-bond acceptors (Lipinski definition) is 8. The van der Waals surface area contributed by atoms with Crippen LogP contribution in [-0.4, -0.2) is 49.3 Å². The zero-order chi connectivity index (χ0) is 44.6. The lowest BCUT2D eigenvalue weighted by atomic mass is 10.0. The van der Waals surface area contributed by atoms with Crippen molar-refractivity contribution in [3.05, 3.63) is 12.2 Å². The molecule has 0 rings (SSSR count). The van der Waals surface area contributed by atoms with E-state index in [1.807, 2.05) is 0 Å². The van der Waals surface area contributed by atoms with Crippen LogP contribution in [0.3, 0.4) is 0 Å². The van der Waals surface area contributed by atoms with Crippen molar-refractivity contribution < 1.29 is 37.6 Å². The molecule has 9 nitrogen and oxygen atoms in total. The van der Waals surface area contributed by atoms with Crippen molar-refractivity contribution in [1.82, 2.24) is 0 Å². The molecule has 2 atom stereocenters. The van der Waals surface area contributed by atoms with Gasteiger partial charge in [0.25, 0.3) is 0 Å². The van der Waals surface area contributed by atoms with Crippen LogP contribution in [0.25, 0.3) is 0 Å². The molecule has 0 bridgehead atoms. The van der Waals surface area contributed by atoms with E-state index in [0.717, 1.165) is 38.5 Å². The lowest BCUT2D eigenvalue weighted by Crippen LogP contribution is -2.29. The molecule has 0 aliphatic rings. The fourth-order valence-electron chi connectivity index (χ4n) is 7.75. The van der Waals surface area contributed by atoms with E-state index in [9.17, 15) is 19.0 Å². The van der Waals surface area contributed by atoms with E-state index >= 15 is 0 Å². The van der Waals surface area contributed by atoms with Gasteiger partial charge < -0.3 is 20.1 Å². The fourth-order valence-corrected chi connectivity index (χ4v) is 8.52. The first-order valence-electron chi connectivity index (χ1n) is 26.2. The Kier molecular flexibility index (Phi) is 47.2. The van der Waals surface area contributed by atoms with Crippen molar-refractivity contribution in [3.8, 4) is 0 Å². The minimum absolute atomic E-state index is 0.0563. The summed E-state index contributed by atoms with van der Waals surface area (Å²) in [4.78, 5) is 35.1. The molecule has 0 saturated heterocycles. The zero-order valence-electron chi connectivity index (χ0n) is 40.2. The number of carbonyl (C=O) groups excluding carboxylic acids is 2. The average molecular weight is 886 g/mol. The highest BCUT2D eigenvalue weighted by Gasteiger charge is 2.26. The van der Waals surface area contributed by atoms with Gasteiger partial charge in [-0.05, 0) is 38.5 Å². The predicted molar refractivity (Wildman–Crippen MR) is 257 cm³/mol. The van der Waals surface area contributed by atoms with Gasteiger partial charge in [-0.25, -0.2) is 4.57 Å². The Morgan fingerprint density at radius 3 is 1.16 bits per heavy atom. The van der Waals surface area contributed by atoms with E-state index < -0.39 is 26.5 Å². The molecule has 0 aromatic heterocycles. The van der Waals surface area contributed by atoms with Crippen LogP contribution in [0.15, 0.2) is 12.2 Å². The van der Waals surface area contributed by atoms with Crippen LogP contribution < -0.4 is 5.73 Å². The molecule has 0 fully saturated rings. The number of hydrogen-bond donors (Lipinski definition) is 2. The molecular formula is C51H100NO8P. The largest absolute Gasteiger partial charge is 0.472 e. The second-order valence-corrected chi connectivity index (χ2v) is 19.2. The van der Waals surface area contributed by atoms with Gasteiger partial charge in [-0.15, -0.1) is 0 Å². The first-order chi connectivity index (χ1) is 29.8. The molecule has 362 valence electrons. The van der Waals surface area contributed by atoms with Gasteiger partial charge in [0, 0.05) is 19.4 Å². The SMILES string of the molecule is CCCCCCCCC=CCCCCCCCCCCCC(=O)O[C@H](COC(=O)CCCCCCCCCCCCCCCCCCCCCCC)COP(=O)(O)OCCN. The van der Waals surface area contributed by atoms with E-state index in [2.05, 4.69) is 26.0 Å². The number of esters is 2. The third-order valence-corrected chi connectivity index (χ3v) is 12.6. The molecule has 0 spiro atoms. The minimum Gasteiger partial charge on any atom is -0.462 e. The predicted octanol–water partition coefficient (Wildman–Crippen LogP) is 15.7. The van der Waals surface area contributed by atoms with Gasteiger partial charge >= 0.3 is 19.8 Å². The van der Waals surface area contributed by atoms with Crippen LogP contribution in [0.2, 0.25) is 0 Å². The number of carbonyl (C=O) groups is 2. The van der Waals surface area contributed by atoms with Crippen LogP contribution in [0.5, 0.6) is 0 Å². The Labute approximate surface area is 377 Å². The molecule has 61 heavy (non-hydrogen) atoms. The highest BCUT2D eigenvalue weighted by molar-refractivity contribution is 7.47. The molecule has 0 aliphatic heterocycles. The van der Waals surface area contributed by atoms with Crippen LogP contribution in [0, 0.1) is 0 Å². The molecule has 0 aromatic carbocycles. The maximum absolute atomic E-state index is 12.6. The highest BCUT2D eigenvalue weighted by Crippen LogP contribution is 2.43. The fraction of sp³-hybridized carbons (Fsp3) is 0.922. The number of rotatable bonds is 50. The smallest absolute Gasteiger partial charge is 0.462 e. The maximum Gasteiger partial charge on any atom is 0.472 e. The number of phosphoric acid groups is 1. The number of ether oxygens (including phenoxy) is 2. The molecular weight excluding hydrogens is 786 g/mol. The lowest BCUT2D eigenvalue weighted by molar-refractivity contribution is -0.161. The van der Waals surface area contributed by atoms with Gasteiger partial charge in [0.2, 0.25) is 0 Å². The van der Waals surface area contributed by atoms with E-state index in [1.165, 1.54) is 199 Å². The van der Waals surface area contributed by atoms with Crippen molar-refractivity contribution in [2.75, 3.05) is 26.4 Å². The van der Waals surface area contributed by atoms with Gasteiger partial charge in [0.05, 0.1) is 13.2 Å². The van der Waals surface area contributed by atoms with Crippen LogP contribution >= 0.6 is 7.82 Å². The van der Waals surface area contributed by atoms with E-state index in [1.54, 1.807) is 0 Å². The van der Waals surface area contributed by atoms with E-state index in [4.69, 9.17) is 24.3 Å². The Morgan fingerprint density at radius 2 is 0.803 bits per heavy atom. The zero-order valence-corrected chi connectivity index (χ0v) is 41.1. The molecule has 0 aromatic rings. The molecule has 1 unspecified atom stereocenters. The topological polar surface area (TPSA) is 134 Å². The van der Waals surface area contributed by atoms with Crippen LogP contribution in [0.1, 0.15) is 271 Å². The van der Waals surface area contributed by atoms with Gasteiger partial charge in [0.1, 0.15) is 6.61 Å². The summed E-state index contributed by atoms with van der Waals surface area (Å²) in [5.74, 6) is -0.813. The van der Waals surface area contributed by atoms with Gasteiger partial charge in [-0.2, -0.15) is 0 Å². The first kappa shape index (κ1) is 59.8. The second kappa shape index (κ2) is 48.2. The molecule has 0 heterocycles. The third kappa shape index (κ3) is 48.1. The van der Waals surface area contributed by atoms with Gasteiger partial charge in [-0.1, -0.05) is 231 Å². The average Bonchev–Trinajstić information content (AvgIpc) is 3.25. The molecule has 0 aliphatic carbocycles. The van der Waals surface area contributed by atoms with Crippen molar-refractivity contribution in [2.24, 2.45) is 5.73 Å². The summed E-state index contributed by atoms with van der Waals surface area (Å²) in [6, 6.07) is 0. The first-order valence-corrected chi connectivity index (χ1v) is 27.7. The maximum atomic E-state index is 12.6. The molecule has 10 heteroatoms. The lowest BCUT2D eigenvalue weighted by Gasteiger charge is -2.19. The van der Waals surface area contributed by atoms with Crippen molar-refractivity contribution in [1.29, 1.82) is 0 Å². The number of unbranched alkanes of at least 4 members (excludes halogenated alkanes) is 35. The number of nitrogens with two attached hydrogens (primary N) is 1. The molecule has 0 amide bonds. The quantitative estimate of drug-likeness (QED) is 0.0265. The van der Waals surface area contributed by atoms with E-state index in [0.29, 0.717) is 6.42 Å². The summed E-state index contributed by atoms with van der Waals surface area (Å²) in [5, 5.41) is 0. The molecule has 3 N–H and O–H groups in total. The molecule has 0 saturated carbocycles. The Morgan fingerprint density at radius 1 is 0.475 bits per heavy atom. The summed E-state index contributed by atoms with van der Waals surface area (Å²) in [6.07, 6.45) is 52.5. The van der Waals surface area contributed by atoms with Gasteiger partial charge in [0.15, 0.2) is 6.10 Å². The number of allylic oxidation sites excluding steroid dienone is 2. The van der Waals surface area contributed by atoms with Crippen molar-refractivity contribution in [2.45, 2.75) is 277 Å². The van der Waals surface area contributed by atoms with Gasteiger partial charge in [-0.3, -0.25) is 18.6 Å². The van der Waals surface area contributed by atoms with E-state index in [-0.39, 0.29) is 38.6 Å². The monoisotopic (exact) mass is 886 g/mol. The Bertz CT molecular complexity index is 1010. The van der Waals surface area contributed by atoms with Crippen LogP contribution in [-0.2, 0) is 32.7 Å². The molecule has 0 radical (unpaired) electrons. The van der Waals surface area contributed by atoms with Crippen molar-refractivity contribution >= 4 is 19.8 Å². The normalized spacial score (nSPS) is 13.2. The summed E-state index contributed by atoms with van der Waals surface area (Å²) in [7, 11) is -4.38. The summed E-state index contributed by atoms with van der Waals surface area (Å²) in [6.45, 7) is 3.79. The summed E-state index contributed by atoms with van der Waals surface area (Å²) in [5.41, 5.74) is 5.37. The highest BCUT2D eigenvalue weighted by atomic mass is 31.2. The summed E-state index contributed by atoms with van der Waals surface area (Å²) >= 11 is 0. The number of phosphoric ester groups is 1. The van der Waals surface area contributed by atoms with Crippen LogP contribution in [0.4, 0.5) is 0 Å².